The highest BCUT2D eigenvalue weighted by Crippen LogP contribution is 2.48. The van der Waals surface area contributed by atoms with Crippen LogP contribution in [0.1, 0.15) is 51.0 Å². The van der Waals surface area contributed by atoms with Crippen molar-refractivity contribution in [2.75, 3.05) is 13.2 Å². The fourth-order valence-corrected chi connectivity index (χ4v) is 4.83. The zero-order valence-electron chi connectivity index (χ0n) is 17.5. The van der Waals surface area contributed by atoms with Gasteiger partial charge in [0.2, 0.25) is 0 Å². The Hall–Kier alpha value is -2.47. The third kappa shape index (κ3) is 3.93. The summed E-state index contributed by atoms with van der Waals surface area (Å²) in [4.78, 5) is 26.3. The molecule has 1 aromatic carbocycles. The maximum absolute atomic E-state index is 14.9. The summed E-state index contributed by atoms with van der Waals surface area (Å²) in [6, 6.07) is 6.30. The summed E-state index contributed by atoms with van der Waals surface area (Å²) in [7, 11) is 0. The van der Waals surface area contributed by atoms with E-state index in [1.54, 1.807) is 18.2 Å². The highest BCUT2D eigenvalue weighted by Gasteiger charge is 2.47. The van der Waals surface area contributed by atoms with Crippen molar-refractivity contribution in [3.63, 3.8) is 0 Å². The van der Waals surface area contributed by atoms with Crippen LogP contribution in [-0.2, 0) is 19.1 Å². The quantitative estimate of drug-likeness (QED) is 0.756. The highest BCUT2D eigenvalue weighted by molar-refractivity contribution is 6.00. The summed E-state index contributed by atoms with van der Waals surface area (Å²) in [6.07, 6.45) is 2.66. The van der Waals surface area contributed by atoms with Crippen LogP contribution in [0.5, 0.6) is 0 Å². The molecule has 1 saturated heterocycles. The van der Waals surface area contributed by atoms with Crippen molar-refractivity contribution < 1.29 is 23.5 Å². The molecule has 5 nitrogen and oxygen atoms in total. The lowest BCUT2D eigenvalue weighted by Crippen LogP contribution is -2.44. The average molecular weight is 413 g/mol. The maximum atomic E-state index is 14.9. The van der Waals surface area contributed by atoms with Gasteiger partial charge in [-0.15, -0.1) is 0 Å². The van der Waals surface area contributed by atoms with Gasteiger partial charge in [-0.05, 0) is 36.3 Å². The van der Waals surface area contributed by atoms with Gasteiger partial charge in [0, 0.05) is 35.9 Å². The second-order valence-electron chi connectivity index (χ2n) is 9.23. The number of nitrogens with one attached hydrogen (secondary N) is 1. The number of ether oxygens (including phenoxy) is 2. The molecule has 1 aliphatic carbocycles. The molecule has 0 saturated carbocycles. The standard InChI is InChI=1S/C24H28FNO4/c1-14-20(23(28)30-13-15-7-6-10-29-15)21(16-8-4-5-9-17(16)25)22-18(26-14)11-24(2,3)12-19(22)27/h4-5,8-9,15,20-21,26H,1,6-7,10-13H2,2-3H3. The average Bonchev–Trinajstić information content (AvgIpc) is 3.18. The fraction of sp³-hybridized carbons (Fsp3) is 0.500. The molecule has 3 aliphatic rings. The van der Waals surface area contributed by atoms with E-state index in [0.29, 0.717) is 36.3 Å². The summed E-state index contributed by atoms with van der Waals surface area (Å²) in [5.41, 5.74) is 1.75. The lowest BCUT2D eigenvalue weighted by atomic mass is 9.66. The molecule has 1 N–H and O–H groups in total. The van der Waals surface area contributed by atoms with E-state index in [2.05, 4.69) is 11.9 Å². The molecule has 0 bridgehead atoms. The van der Waals surface area contributed by atoms with Gasteiger partial charge in [0.25, 0.3) is 0 Å². The molecule has 30 heavy (non-hydrogen) atoms. The maximum Gasteiger partial charge on any atom is 0.315 e. The Morgan fingerprint density at radius 3 is 2.80 bits per heavy atom. The third-order valence-electron chi connectivity index (χ3n) is 6.18. The summed E-state index contributed by atoms with van der Waals surface area (Å²) in [5, 5.41) is 3.19. The number of hydrogen-bond acceptors (Lipinski definition) is 5. The first-order valence-electron chi connectivity index (χ1n) is 10.5. The molecule has 2 heterocycles. The van der Waals surface area contributed by atoms with Crippen molar-refractivity contribution in [3.05, 3.63) is 59.2 Å². The SMILES string of the molecule is C=C1NC2=C(C(=O)CC(C)(C)C2)C(c2ccccc2F)C1C(=O)OCC1CCCO1. The van der Waals surface area contributed by atoms with E-state index in [9.17, 15) is 14.0 Å². The molecule has 2 aliphatic heterocycles. The largest absolute Gasteiger partial charge is 0.462 e. The number of Topliss-reactive ketones (excluding diaryl/α,β-unsaturated/α-hetero) is 1. The zero-order valence-corrected chi connectivity index (χ0v) is 17.5. The molecular weight excluding hydrogens is 385 g/mol. The van der Waals surface area contributed by atoms with Gasteiger partial charge in [-0.3, -0.25) is 9.59 Å². The van der Waals surface area contributed by atoms with Gasteiger partial charge in [-0.25, -0.2) is 4.39 Å². The van der Waals surface area contributed by atoms with Gasteiger partial charge >= 0.3 is 5.97 Å². The molecule has 0 amide bonds. The van der Waals surface area contributed by atoms with E-state index in [4.69, 9.17) is 9.47 Å². The van der Waals surface area contributed by atoms with Crippen molar-refractivity contribution in [2.24, 2.45) is 11.3 Å². The van der Waals surface area contributed by atoms with Crippen LogP contribution >= 0.6 is 0 Å². The van der Waals surface area contributed by atoms with Crippen LogP contribution in [-0.4, -0.2) is 31.1 Å². The first-order chi connectivity index (χ1) is 14.3. The van der Waals surface area contributed by atoms with E-state index >= 15 is 0 Å². The molecule has 0 radical (unpaired) electrons. The number of benzene rings is 1. The van der Waals surface area contributed by atoms with Crippen molar-refractivity contribution in [1.29, 1.82) is 0 Å². The van der Waals surface area contributed by atoms with E-state index in [-0.39, 0.29) is 23.9 Å². The molecule has 1 aromatic rings. The van der Waals surface area contributed by atoms with Gasteiger partial charge in [-0.2, -0.15) is 0 Å². The Morgan fingerprint density at radius 1 is 1.33 bits per heavy atom. The van der Waals surface area contributed by atoms with E-state index < -0.39 is 23.6 Å². The number of rotatable bonds is 4. The number of ketones is 1. The van der Waals surface area contributed by atoms with Crippen molar-refractivity contribution in [1.82, 2.24) is 5.32 Å². The van der Waals surface area contributed by atoms with E-state index in [1.807, 2.05) is 13.8 Å². The Kier molecular flexibility index (Phi) is 5.53. The molecule has 0 aromatic heterocycles. The first kappa shape index (κ1) is 20.8. The van der Waals surface area contributed by atoms with Gasteiger partial charge in [0.15, 0.2) is 5.78 Å². The molecule has 4 rings (SSSR count). The van der Waals surface area contributed by atoms with Crippen LogP contribution in [0.4, 0.5) is 4.39 Å². The van der Waals surface area contributed by atoms with E-state index in [0.717, 1.165) is 18.5 Å². The summed E-state index contributed by atoms with van der Waals surface area (Å²) < 4.78 is 25.9. The van der Waals surface area contributed by atoms with Gasteiger partial charge in [0.05, 0.1) is 6.10 Å². The molecule has 3 unspecified atom stereocenters. The van der Waals surface area contributed by atoms with Crippen LogP contribution in [0.25, 0.3) is 0 Å². The zero-order chi connectivity index (χ0) is 21.5. The minimum Gasteiger partial charge on any atom is -0.462 e. The lowest BCUT2D eigenvalue weighted by molar-refractivity contribution is -0.151. The fourth-order valence-electron chi connectivity index (χ4n) is 4.83. The molecule has 0 spiro atoms. The lowest BCUT2D eigenvalue weighted by Gasteiger charge is -2.42. The predicted octanol–water partition coefficient (Wildman–Crippen LogP) is 4.01. The van der Waals surface area contributed by atoms with Crippen LogP contribution < -0.4 is 5.32 Å². The van der Waals surface area contributed by atoms with Crippen LogP contribution in [0.3, 0.4) is 0 Å². The number of hydrogen-bond donors (Lipinski definition) is 1. The number of allylic oxidation sites excluding steroid dienone is 2. The Balaban J connectivity index is 1.72. The molecule has 1 fully saturated rings. The van der Waals surface area contributed by atoms with Gasteiger partial charge in [0.1, 0.15) is 18.3 Å². The first-order valence-corrected chi connectivity index (χ1v) is 10.5. The van der Waals surface area contributed by atoms with E-state index in [1.165, 1.54) is 6.07 Å². The second kappa shape index (κ2) is 7.99. The van der Waals surface area contributed by atoms with Crippen LogP contribution in [0.2, 0.25) is 0 Å². The third-order valence-corrected chi connectivity index (χ3v) is 6.18. The molecule has 160 valence electrons. The van der Waals surface area contributed by atoms with Gasteiger partial charge < -0.3 is 14.8 Å². The number of halogens is 1. The minimum absolute atomic E-state index is 0.0635. The summed E-state index contributed by atoms with van der Waals surface area (Å²) in [5.74, 6) is -2.66. The van der Waals surface area contributed by atoms with Crippen LogP contribution in [0.15, 0.2) is 47.8 Å². The summed E-state index contributed by atoms with van der Waals surface area (Å²) in [6.45, 7) is 8.93. The number of esters is 1. The molecule has 6 heteroatoms. The highest BCUT2D eigenvalue weighted by atomic mass is 19.1. The Labute approximate surface area is 176 Å². The molecular formula is C24H28FNO4. The number of carbonyl (C=O) groups excluding carboxylic acids is 2. The molecule has 3 atom stereocenters. The van der Waals surface area contributed by atoms with Crippen LogP contribution in [0, 0.1) is 17.2 Å². The second-order valence-corrected chi connectivity index (χ2v) is 9.23. The predicted molar refractivity (Wildman–Crippen MR) is 110 cm³/mol. The van der Waals surface area contributed by atoms with Crippen molar-refractivity contribution in [3.8, 4) is 0 Å². The Morgan fingerprint density at radius 2 is 2.10 bits per heavy atom. The monoisotopic (exact) mass is 413 g/mol. The minimum atomic E-state index is -0.882. The topological polar surface area (TPSA) is 64.6 Å². The van der Waals surface area contributed by atoms with Crippen molar-refractivity contribution in [2.45, 2.75) is 51.6 Å². The van der Waals surface area contributed by atoms with Gasteiger partial charge in [-0.1, -0.05) is 38.6 Å². The Bertz CT molecular complexity index is 914. The summed E-state index contributed by atoms with van der Waals surface area (Å²) >= 11 is 0. The number of carbonyl (C=O) groups is 2. The van der Waals surface area contributed by atoms with Crippen molar-refractivity contribution >= 4 is 11.8 Å². The smallest absolute Gasteiger partial charge is 0.315 e. The normalized spacial score (nSPS) is 28.2.